The van der Waals surface area contributed by atoms with Crippen LogP contribution in [0.1, 0.15) is 17.5 Å². The van der Waals surface area contributed by atoms with Crippen LogP contribution in [0.4, 0.5) is 5.69 Å². The third kappa shape index (κ3) is 4.70. The molecule has 1 aliphatic carbocycles. The summed E-state index contributed by atoms with van der Waals surface area (Å²) in [4.78, 5) is 16.8. The standard InChI is InChI=1S/C26H30N2O5/c1-31-20-7-5-18(6-8-20)28-13-11-27(12-14-28)16-19(29)17-32-21-9-10-23-22-3-2-4-24(22)26(30)33-25(23)15-21/h5-10,15,19,29H,2-4,11-14,16-17H2,1H3/t19-/m1/s1. The summed E-state index contributed by atoms with van der Waals surface area (Å²) >= 11 is 0. The molecule has 0 saturated carbocycles. The summed E-state index contributed by atoms with van der Waals surface area (Å²) in [6.07, 6.45) is 2.12. The van der Waals surface area contributed by atoms with Crippen LogP contribution >= 0.6 is 0 Å². The van der Waals surface area contributed by atoms with E-state index in [-0.39, 0.29) is 12.2 Å². The SMILES string of the molecule is COc1ccc(N2CCN(C[C@@H](O)COc3ccc4c5c(c(=O)oc4c3)CCC5)CC2)cc1. The Bertz CT molecular complexity index is 1170. The molecule has 2 aliphatic rings. The van der Waals surface area contributed by atoms with Crippen LogP contribution in [0.5, 0.6) is 11.5 Å². The Morgan fingerprint density at radius 3 is 2.48 bits per heavy atom. The highest BCUT2D eigenvalue weighted by atomic mass is 16.5. The summed E-state index contributed by atoms with van der Waals surface area (Å²) in [6.45, 7) is 4.35. The molecule has 1 atom stereocenters. The van der Waals surface area contributed by atoms with E-state index >= 15 is 0 Å². The number of hydrogen-bond acceptors (Lipinski definition) is 7. The zero-order valence-electron chi connectivity index (χ0n) is 19.0. The molecule has 174 valence electrons. The van der Waals surface area contributed by atoms with Crippen molar-refractivity contribution in [2.45, 2.75) is 25.4 Å². The molecule has 0 radical (unpaired) electrons. The summed E-state index contributed by atoms with van der Waals surface area (Å²) in [7, 11) is 1.67. The number of hydrogen-bond donors (Lipinski definition) is 1. The summed E-state index contributed by atoms with van der Waals surface area (Å²) in [5, 5.41) is 11.5. The maximum atomic E-state index is 12.2. The van der Waals surface area contributed by atoms with Crippen LogP contribution in [0, 0.1) is 0 Å². The van der Waals surface area contributed by atoms with E-state index in [0.29, 0.717) is 17.9 Å². The minimum atomic E-state index is -0.597. The minimum Gasteiger partial charge on any atom is -0.497 e. The van der Waals surface area contributed by atoms with Crippen molar-refractivity contribution in [3.05, 3.63) is 64.0 Å². The quantitative estimate of drug-likeness (QED) is 0.555. The second kappa shape index (κ2) is 9.45. The fourth-order valence-electron chi connectivity index (χ4n) is 4.88. The third-order valence-corrected chi connectivity index (χ3v) is 6.67. The molecule has 2 heterocycles. The average molecular weight is 451 g/mol. The molecule has 1 aromatic heterocycles. The molecular weight excluding hydrogens is 420 g/mol. The number of benzene rings is 2. The third-order valence-electron chi connectivity index (χ3n) is 6.67. The summed E-state index contributed by atoms with van der Waals surface area (Å²) in [6, 6.07) is 13.7. The van der Waals surface area contributed by atoms with E-state index in [1.807, 2.05) is 24.3 Å². The van der Waals surface area contributed by atoms with Gasteiger partial charge in [0.2, 0.25) is 0 Å². The predicted octanol–water partition coefficient (Wildman–Crippen LogP) is 2.85. The van der Waals surface area contributed by atoms with Gasteiger partial charge in [-0.05, 0) is 61.2 Å². The second-order valence-electron chi connectivity index (χ2n) is 8.81. The van der Waals surface area contributed by atoms with Crippen LogP contribution < -0.4 is 20.0 Å². The number of β-amino-alcohol motifs (C(OH)–C–C–N with tert-alkyl or cyclic N) is 1. The Morgan fingerprint density at radius 1 is 1.00 bits per heavy atom. The van der Waals surface area contributed by atoms with Gasteiger partial charge in [-0.3, -0.25) is 4.90 Å². The first-order chi connectivity index (χ1) is 16.1. The molecule has 0 spiro atoms. The van der Waals surface area contributed by atoms with E-state index in [1.54, 1.807) is 13.2 Å². The molecule has 1 N–H and O–H groups in total. The zero-order chi connectivity index (χ0) is 22.8. The van der Waals surface area contributed by atoms with E-state index in [4.69, 9.17) is 13.9 Å². The highest BCUT2D eigenvalue weighted by Gasteiger charge is 2.21. The molecule has 5 rings (SSSR count). The van der Waals surface area contributed by atoms with Gasteiger partial charge in [-0.2, -0.15) is 0 Å². The largest absolute Gasteiger partial charge is 0.497 e. The predicted molar refractivity (Wildman–Crippen MR) is 128 cm³/mol. The Morgan fingerprint density at radius 2 is 1.73 bits per heavy atom. The van der Waals surface area contributed by atoms with Gasteiger partial charge in [-0.15, -0.1) is 0 Å². The van der Waals surface area contributed by atoms with Gasteiger partial charge < -0.3 is 23.9 Å². The van der Waals surface area contributed by atoms with Crippen molar-refractivity contribution in [1.29, 1.82) is 0 Å². The molecule has 2 aromatic carbocycles. The van der Waals surface area contributed by atoms with E-state index in [9.17, 15) is 9.90 Å². The number of rotatable bonds is 7. The number of anilines is 1. The molecule has 0 bridgehead atoms. The number of piperazine rings is 1. The number of fused-ring (bicyclic) bond motifs is 3. The van der Waals surface area contributed by atoms with Gasteiger partial charge in [0.1, 0.15) is 29.8 Å². The van der Waals surface area contributed by atoms with Crippen LogP contribution in [0.2, 0.25) is 0 Å². The molecule has 3 aromatic rings. The van der Waals surface area contributed by atoms with Gasteiger partial charge in [0.05, 0.1) is 7.11 Å². The monoisotopic (exact) mass is 450 g/mol. The molecule has 0 amide bonds. The fraction of sp³-hybridized carbons (Fsp3) is 0.423. The first-order valence-corrected chi connectivity index (χ1v) is 11.6. The van der Waals surface area contributed by atoms with Crippen molar-refractivity contribution in [2.24, 2.45) is 0 Å². The molecule has 33 heavy (non-hydrogen) atoms. The Labute approximate surface area is 193 Å². The molecule has 1 aliphatic heterocycles. The van der Waals surface area contributed by atoms with Gasteiger partial charge in [-0.1, -0.05) is 0 Å². The van der Waals surface area contributed by atoms with Crippen LogP contribution in [-0.4, -0.2) is 62.6 Å². The number of ether oxygens (including phenoxy) is 2. The molecule has 7 heteroatoms. The minimum absolute atomic E-state index is 0.194. The van der Waals surface area contributed by atoms with Crippen LogP contribution in [-0.2, 0) is 12.8 Å². The Kier molecular flexibility index (Phi) is 6.24. The lowest BCUT2D eigenvalue weighted by molar-refractivity contribution is 0.0663. The molecule has 1 saturated heterocycles. The normalized spacial score (nSPS) is 17.2. The first kappa shape index (κ1) is 21.8. The molecule has 1 fully saturated rings. The number of nitrogens with zero attached hydrogens (tertiary/aromatic N) is 2. The number of aryl methyl sites for hydroxylation is 1. The highest BCUT2D eigenvalue weighted by Crippen LogP contribution is 2.29. The number of aliphatic hydroxyl groups is 1. The van der Waals surface area contributed by atoms with Crippen LogP contribution in [0.25, 0.3) is 11.0 Å². The number of methoxy groups -OCH3 is 1. The number of aliphatic hydroxyl groups excluding tert-OH is 1. The fourth-order valence-corrected chi connectivity index (χ4v) is 4.88. The van der Waals surface area contributed by atoms with Crippen molar-refractivity contribution >= 4 is 16.7 Å². The topological polar surface area (TPSA) is 75.4 Å². The van der Waals surface area contributed by atoms with Gasteiger partial charge in [0.25, 0.3) is 0 Å². The highest BCUT2D eigenvalue weighted by molar-refractivity contribution is 5.83. The van der Waals surface area contributed by atoms with Crippen molar-refractivity contribution < 1.29 is 19.0 Å². The lowest BCUT2D eigenvalue weighted by atomic mass is 10.1. The van der Waals surface area contributed by atoms with Gasteiger partial charge in [0.15, 0.2) is 0 Å². The van der Waals surface area contributed by atoms with Gasteiger partial charge in [0, 0.05) is 55.4 Å². The summed E-state index contributed by atoms with van der Waals surface area (Å²) in [5.41, 5.74) is 3.44. The van der Waals surface area contributed by atoms with E-state index in [1.165, 1.54) is 5.69 Å². The first-order valence-electron chi connectivity index (χ1n) is 11.6. The maximum absolute atomic E-state index is 12.2. The molecular formula is C26H30N2O5. The van der Waals surface area contributed by atoms with E-state index in [2.05, 4.69) is 21.9 Å². The second-order valence-corrected chi connectivity index (χ2v) is 8.81. The Balaban J connectivity index is 1.13. The molecule has 7 nitrogen and oxygen atoms in total. The van der Waals surface area contributed by atoms with Gasteiger partial charge >= 0.3 is 5.63 Å². The van der Waals surface area contributed by atoms with Crippen molar-refractivity contribution in [2.75, 3.05) is 51.3 Å². The lowest BCUT2D eigenvalue weighted by Crippen LogP contribution is -2.49. The van der Waals surface area contributed by atoms with Gasteiger partial charge in [-0.25, -0.2) is 4.79 Å². The summed E-state index contributed by atoms with van der Waals surface area (Å²) < 4.78 is 16.6. The Hall–Kier alpha value is -3.03. The van der Waals surface area contributed by atoms with E-state index in [0.717, 1.165) is 67.7 Å². The van der Waals surface area contributed by atoms with Crippen LogP contribution in [0.3, 0.4) is 0 Å². The van der Waals surface area contributed by atoms with E-state index < -0.39 is 6.10 Å². The van der Waals surface area contributed by atoms with Crippen molar-refractivity contribution in [1.82, 2.24) is 4.90 Å². The lowest BCUT2D eigenvalue weighted by Gasteiger charge is -2.36. The smallest absolute Gasteiger partial charge is 0.339 e. The maximum Gasteiger partial charge on any atom is 0.339 e. The average Bonchev–Trinajstić information content (AvgIpc) is 3.34. The van der Waals surface area contributed by atoms with Crippen molar-refractivity contribution in [3.8, 4) is 11.5 Å². The van der Waals surface area contributed by atoms with Crippen molar-refractivity contribution in [3.63, 3.8) is 0 Å². The molecule has 0 unspecified atom stereocenters. The zero-order valence-corrected chi connectivity index (χ0v) is 19.0. The van der Waals surface area contributed by atoms with Crippen LogP contribution in [0.15, 0.2) is 51.7 Å². The summed E-state index contributed by atoms with van der Waals surface area (Å²) in [5.74, 6) is 1.46.